The summed E-state index contributed by atoms with van der Waals surface area (Å²) in [6.07, 6.45) is 0.522. The molecule has 0 saturated carbocycles. The van der Waals surface area contributed by atoms with Crippen LogP contribution in [0.4, 0.5) is 10.1 Å². The van der Waals surface area contributed by atoms with Crippen LogP contribution in [0, 0.1) is 5.82 Å². The minimum atomic E-state index is -3.87. The van der Waals surface area contributed by atoms with Gasteiger partial charge in [0.05, 0.1) is 12.3 Å². The summed E-state index contributed by atoms with van der Waals surface area (Å²) in [4.78, 5) is -0.226. The fourth-order valence-corrected chi connectivity index (χ4v) is 3.39. The summed E-state index contributed by atoms with van der Waals surface area (Å²) in [6, 6.07) is 3.30. The number of nitrogen functional groups attached to an aromatic ring is 1. The molecule has 120 valence electrons. The number of sulfonamides is 1. The molecule has 2 N–H and O–H groups in total. The number of nitrogens with zero attached hydrogens (tertiary/aromatic N) is 1. The molecule has 0 aliphatic heterocycles. The van der Waals surface area contributed by atoms with Crippen molar-refractivity contribution in [2.24, 2.45) is 0 Å². The molecule has 0 aliphatic carbocycles. The molecule has 1 aromatic carbocycles. The van der Waals surface area contributed by atoms with Crippen LogP contribution in [0.2, 0.25) is 0 Å². The van der Waals surface area contributed by atoms with Crippen LogP contribution in [-0.2, 0) is 19.5 Å². The molecular weight excluding hydrogens is 299 g/mol. The van der Waals surface area contributed by atoms with E-state index in [0.717, 1.165) is 12.1 Å². The number of anilines is 1. The standard InChI is InChI=1S/C13H21FN2O4S/c1-19-8-3-6-16(7-9-20-2)21(17,18)13-10-11(14)4-5-12(13)15/h4-5,10H,3,6-9,15H2,1-2H3. The molecule has 0 aliphatic rings. The van der Waals surface area contributed by atoms with Gasteiger partial charge in [-0.25, -0.2) is 12.8 Å². The van der Waals surface area contributed by atoms with E-state index in [1.165, 1.54) is 17.5 Å². The molecule has 0 radical (unpaired) electrons. The first-order valence-electron chi connectivity index (χ1n) is 6.46. The van der Waals surface area contributed by atoms with E-state index >= 15 is 0 Å². The maximum absolute atomic E-state index is 13.3. The van der Waals surface area contributed by atoms with Crippen LogP contribution in [0.15, 0.2) is 23.1 Å². The Balaban J connectivity index is 3.04. The van der Waals surface area contributed by atoms with Gasteiger partial charge in [0.25, 0.3) is 0 Å². The van der Waals surface area contributed by atoms with E-state index in [-0.39, 0.29) is 30.3 Å². The molecule has 0 fully saturated rings. The molecule has 1 aromatic rings. The fraction of sp³-hybridized carbons (Fsp3) is 0.538. The highest BCUT2D eigenvalue weighted by Crippen LogP contribution is 2.23. The van der Waals surface area contributed by atoms with Gasteiger partial charge in [0, 0.05) is 33.9 Å². The highest BCUT2D eigenvalue weighted by Gasteiger charge is 2.26. The van der Waals surface area contributed by atoms with Crippen LogP contribution in [0.25, 0.3) is 0 Å². The van der Waals surface area contributed by atoms with Crippen LogP contribution in [0.1, 0.15) is 6.42 Å². The molecule has 1 rings (SSSR count). The van der Waals surface area contributed by atoms with Crippen LogP contribution in [-0.4, -0.2) is 53.2 Å². The Hall–Kier alpha value is -1.22. The average Bonchev–Trinajstić information content (AvgIpc) is 2.45. The predicted molar refractivity (Wildman–Crippen MR) is 77.9 cm³/mol. The lowest BCUT2D eigenvalue weighted by atomic mass is 10.3. The Morgan fingerprint density at radius 2 is 1.86 bits per heavy atom. The molecule has 0 spiro atoms. The fourth-order valence-electron chi connectivity index (χ4n) is 1.80. The molecule has 0 bridgehead atoms. The SMILES string of the molecule is COCCCN(CCOC)S(=O)(=O)c1cc(F)ccc1N. The van der Waals surface area contributed by atoms with Crippen molar-refractivity contribution in [3.05, 3.63) is 24.0 Å². The second-order valence-corrected chi connectivity index (χ2v) is 6.33. The van der Waals surface area contributed by atoms with Gasteiger partial charge < -0.3 is 15.2 Å². The molecular formula is C13H21FN2O4S. The van der Waals surface area contributed by atoms with E-state index in [1.54, 1.807) is 7.11 Å². The maximum Gasteiger partial charge on any atom is 0.245 e. The Morgan fingerprint density at radius 1 is 1.19 bits per heavy atom. The Kier molecular flexibility index (Phi) is 7.03. The van der Waals surface area contributed by atoms with Crippen molar-refractivity contribution in [3.8, 4) is 0 Å². The second-order valence-electron chi connectivity index (χ2n) is 4.43. The van der Waals surface area contributed by atoms with Crippen LogP contribution < -0.4 is 5.73 Å². The molecule has 0 atom stereocenters. The molecule has 0 aromatic heterocycles. The minimum absolute atomic E-state index is 0.0190. The minimum Gasteiger partial charge on any atom is -0.398 e. The van der Waals surface area contributed by atoms with Crippen molar-refractivity contribution in [3.63, 3.8) is 0 Å². The number of hydrogen-bond acceptors (Lipinski definition) is 5. The summed E-state index contributed by atoms with van der Waals surface area (Å²) in [7, 11) is -0.851. The molecule has 21 heavy (non-hydrogen) atoms. The third-order valence-electron chi connectivity index (χ3n) is 2.89. The predicted octanol–water partition coefficient (Wildman–Crippen LogP) is 1.08. The summed E-state index contributed by atoms with van der Waals surface area (Å²) in [5, 5.41) is 0. The second kappa shape index (κ2) is 8.28. The summed E-state index contributed by atoms with van der Waals surface area (Å²) in [5.74, 6) is -0.647. The summed E-state index contributed by atoms with van der Waals surface area (Å²) >= 11 is 0. The number of methoxy groups -OCH3 is 2. The van der Waals surface area contributed by atoms with Gasteiger partial charge in [0.1, 0.15) is 10.7 Å². The van der Waals surface area contributed by atoms with Gasteiger partial charge in [-0.15, -0.1) is 0 Å². The largest absolute Gasteiger partial charge is 0.398 e. The molecule has 0 unspecified atom stereocenters. The van der Waals surface area contributed by atoms with E-state index < -0.39 is 15.8 Å². The van der Waals surface area contributed by atoms with Crippen molar-refractivity contribution < 1.29 is 22.3 Å². The zero-order valence-electron chi connectivity index (χ0n) is 12.2. The summed E-state index contributed by atoms with van der Waals surface area (Å²) < 4.78 is 49.6. The number of rotatable bonds is 9. The van der Waals surface area contributed by atoms with Crippen LogP contribution in [0.5, 0.6) is 0 Å². The summed E-state index contributed by atoms with van der Waals surface area (Å²) in [6.45, 7) is 1.08. The smallest absolute Gasteiger partial charge is 0.245 e. The lowest BCUT2D eigenvalue weighted by Gasteiger charge is -2.22. The average molecular weight is 320 g/mol. The van der Waals surface area contributed by atoms with E-state index in [2.05, 4.69) is 0 Å². The van der Waals surface area contributed by atoms with E-state index in [1.807, 2.05) is 0 Å². The number of ether oxygens (including phenoxy) is 2. The summed E-state index contributed by atoms with van der Waals surface area (Å²) in [5.41, 5.74) is 5.69. The van der Waals surface area contributed by atoms with Gasteiger partial charge in [-0.05, 0) is 24.6 Å². The van der Waals surface area contributed by atoms with Crippen LogP contribution >= 0.6 is 0 Å². The lowest BCUT2D eigenvalue weighted by molar-refractivity contribution is 0.164. The Labute approximate surface area is 124 Å². The highest BCUT2D eigenvalue weighted by molar-refractivity contribution is 7.89. The quantitative estimate of drug-likeness (QED) is 0.544. The van der Waals surface area contributed by atoms with Crippen molar-refractivity contribution in [1.29, 1.82) is 0 Å². The molecule has 8 heteroatoms. The van der Waals surface area contributed by atoms with Crippen molar-refractivity contribution in [1.82, 2.24) is 4.31 Å². The monoisotopic (exact) mass is 320 g/mol. The number of hydrogen-bond donors (Lipinski definition) is 1. The lowest BCUT2D eigenvalue weighted by Crippen LogP contribution is -2.35. The first kappa shape index (κ1) is 17.8. The maximum atomic E-state index is 13.3. The Morgan fingerprint density at radius 3 is 2.48 bits per heavy atom. The van der Waals surface area contributed by atoms with Gasteiger partial charge in [-0.3, -0.25) is 0 Å². The topological polar surface area (TPSA) is 81.9 Å². The third-order valence-corrected chi connectivity index (χ3v) is 4.85. The number of nitrogens with two attached hydrogens (primary N) is 1. The third kappa shape index (κ3) is 4.92. The van der Waals surface area contributed by atoms with Crippen LogP contribution in [0.3, 0.4) is 0 Å². The first-order chi connectivity index (χ1) is 9.93. The Bertz CT molecular complexity index is 551. The molecule has 6 nitrogen and oxygen atoms in total. The van der Waals surface area contributed by atoms with Gasteiger partial charge >= 0.3 is 0 Å². The van der Waals surface area contributed by atoms with Crippen molar-refractivity contribution in [2.45, 2.75) is 11.3 Å². The normalized spacial score (nSPS) is 12.0. The molecule has 0 heterocycles. The number of benzene rings is 1. The van der Waals surface area contributed by atoms with E-state index in [0.29, 0.717) is 13.0 Å². The van der Waals surface area contributed by atoms with Gasteiger partial charge in [0.15, 0.2) is 0 Å². The van der Waals surface area contributed by atoms with Gasteiger partial charge in [-0.2, -0.15) is 4.31 Å². The van der Waals surface area contributed by atoms with Crippen molar-refractivity contribution in [2.75, 3.05) is 46.3 Å². The molecule has 0 amide bonds. The van der Waals surface area contributed by atoms with Gasteiger partial charge in [-0.1, -0.05) is 0 Å². The van der Waals surface area contributed by atoms with Crippen molar-refractivity contribution >= 4 is 15.7 Å². The van der Waals surface area contributed by atoms with Gasteiger partial charge in [0.2, 0.25) is 10.0 Å². The number of halogens is 1. The zero-order chi connectivity index (χ0) is 15.9. The zero-order valence-corrected chi connectivity index (χ0v) is 13.0. The molecule has 0 saturated heterocycles. The highest BCUT2D eigenvalue weighted by atomic mass is 32.2. The van der Waals surface area contributed by atoms with E-state index in [9.17, 15) is 12.8 Å². The first-order valence-corrected chi connectivity index (χ1v) is 7.90. The van der Waals surface area contributed by atoms with E-state index in [4.69, 9.17) is 15.2 Å².